The Morgan fingerprint density at radius 1 is 0.656 bits per heavy atom. The van der Waals surface area contributed by atoms with Crippen LogP contribution in [0.3, 0.4) is 0 Å². The van der Waals surface area contributed by atoms with Crippen LogP contribution < -0.4 is 0 Å². The van der Waals surface area contributed by atoms with Crippen LogP contribution in [0.15, 0.2) is 24.3 Å². The lowest BCUT2D eigenvalue weighted by molar-refractivity contribution is -0.151. The average molecular weight is 451 g/mol. The molecule has 182 valence electrons. The third kappa shape index (κ3) is 10.6. The molecule has 0 aliphatic heterocycles. The zero-order valence-corrected chi connectivity index (χ0v) is 20.2. The zero-order valence-electron chi connectivity index (χ0n) is 20.2. The fraction of sp³-hybridized carbons (Fsp3) is 0.692. The van der Waals surface area contributed by atoms with E-state index in [1.807, 2.05) is 52.0 Å². The molecule has 0 aromatic heterocycles. The van der Waals surface area contributed by atoms with E-state index in [-0.39, 0.29) is 49.2 Å². The molecule has 32 heavy (non-hydrogen) atoms. The molecular weight excluding hydrogens is 408 g/mol. The molecular formula is C26H42O6. The summed E-state index contributed by atoms with van der Waals surface area (Å²) in [7, 11) is 0. The van der Waals surface area contributed by atoms with Gasteiger partial charge in [-0.2, -0.15) is 0 Å². The van der Waals surface area contributed by atoms with E-state index in [2.05, 4.69) is 0 Å². The van der Waals surface area contributed by atoms with Crippen molar-refractivity contribution in [2.45, 2.75) is 104 Å². The smallest absolute Gasteiger partial charge is 0.309 e. The predicted molar refractivity (Wildman–Crippen MR) is 125 cm³/mol. The summed E-state index contributed by atoms with van der Waals surface area (Å²) in [5, 5.41) is 19.4. The molecule has 1 aromatic carbocycles. The van der Waals surface area contributed by atoms with E-state index >= 15 is 0 Å². The number of rotatable bonds is 16. The number of hydrogen-bond donors (Lipinski definition) is 2. The molecule has 0 spiro atoms. The SMILES string of the molecule is CCC(O)CCC(CC)C(=O)OCc1ccc(COC(=O)C(CC)CCC(O)CC)cc1. The number of carbonyl (C=O) groups excluding carboxylic acids is 2. The van der Waals surface area contributed by atoms with Gasteiger partial charge in [-0.25, -0.2) is 0 Å². The second-order valence-electron chi connectivity index (χ2n) is 8.52. The quantitative estimate of drug-likeness (QED) is 0.347. The normalized spacial score (nSPS) is 14.9. The number of esters is 2. The molecule has 0 heterocycles. The van der Waals surface area contributed by atoms with Gasteiger partial charge in [0.1, 0.15) is 13.2 Å². The van der Waals surface area contributed by atoms with Crippen LogP contribution in [0.25, 0.3) is 0 Å². The minimum atomic E-state index is -0.367. The Morgan fingerprint density at radius 2 is 1.00 bits per heavy atom. The van der Waals surface area contributed by atoms with Crippen molar-refractivity contribution in [1.29, 1.82) is 0 Å². The number of carbonyl (C=O) groups is 2. The fourth-order valence-electron chi connectivity index (χ4n) is 3.45. The molecule has 6 heteroatoms. The lowest BCUT2D eigenvalue weighted by Gasteiger charge is -2.16. The Labute approximate surface area is 193 Å². The standard InChI is InChI=1S/C26H42O6/c1-5-21(13-15-23(27)7-3)25(29)31-17-19-9-11-20(12-10-19)18-32-26(30)22(6-2)14-16-24(28)8-4/h9-12,21-24,27-28H,5-8,13-18H2,1-4H3. The molecule has 0 radical (unpaired) electrons. The summed E-state index contributed by atoms with van der Waals surface area (Å²) in [6.45, 7) is 8.16. The second kappa shape index (κ2) is 15.8. The maximum absolute atomic E-state index is 12.3. The van der Waals surface area contributed by atoms with E-state index in [9.17, 15) is 19.8 Å². The summed E-state index contributed by atoms with van der Waals surface area (Å²) >= 11 is 0. The van der Waals surface area contributed by atoms with Crippen molar-refractivity contribution >= 4 is 11.9 Å². The van der Waals surface area contributed by atoms with Crippen molar-refractivity contribution in [2.24, 2.45) is 11.8 Å². The van der Waals surface area contributed by atoms with E-state index in [1.54, 1.807) is 0 Å². The monoisotopic (exact) mass is 450 g/mol. The van der Waals surface area contributed by atoms with Gasteiger partial charge in [0.05, 0.1) is 24.0 Å². The van der Waals surface area contributed by atoms with Crippen LogP contribution >= 0.6 is 0 Å². The summed E-state index contributed by atoms with van der Waals surface area (Å²) in [5.41, 5.74) is 1.74. The lowest BCUT2D eigenvalue weighted by atomic mass is 9.97. The highest BCUT2D eigenvalue weighted by Gasteiger charge is 2.20. The molecule has 6 nitrogen and oxygen atoms in total. The molecule has 0 fully saturated rings. The van der Waals surface area contributed by atoms with Gasteiger partial charge < -0.3 is 19.7 Å². The number of aliphatic hydroxyl groups is 2. The van der Waals surface area contributed by atoms with Crippen molar-refractivity contribution in [3.63, 3.8) is 0 Å². The molecule has 0 aliphatic rings. The number of ether oxygens (including phenoxy) is 2. The van der Waals surface area contributed by atoms with Gasteiger partial charge in [0.2, 0.25) is 0 Å². The summed E-state index contributed by atoms with van der Waals surface area (Å²) in [6, 6.07) is 7.47. The van der Waals surface area contributed by atoms with E-state index < -0.39 is 0 Å². The molecule has 4 atom stereocenters. The van der Waals surface area contributed by atoms with Crippen LogP contribution in [0.4, 0.5) is 0 Å². The highest BCUT2D eigenvalue weighted by molar-refractivity contribution is 5.72. The van der Waals surface area contributed by atoms with Crippen molar-refractivity contribution in [1.82, 2.24) is 0 Å². The molecule has 0 bridgehead atoms. The summed E-state index contributed by atoms with van der Waals surface area (Å²) in [4.78, 5) is 24.6. The lowest BCUT2D eigenvalue weighted by Crippen LogP contribution is -2.19. The van der Waals surface area contributed by atoms with E-state index in [1.165, 1.54) is 0 Å². The van der Waals surface area contributed by atoms with Gasteiger partial charge in [-0.1, -0.05) is 52.0 Å². The van der Waals surface area contributed by atoms with Gasteiger partial charge in [-0.3, -0.25) is 9.59 Å². The topological polar surface area (TPSA) is 93.1 Å². The van der Waals surface area contributed by atoms with Gasteiger partial charge in [0, 0.05) is 0 Å². The molecule has 1 rings (SSSR count). The molecule has 2 N–H and O–H groups in total. The third-order valence-corrected chi connectivity index (χ3v) is 6.08. The van der Waals surface area contributed by atoms with Crippen molar-refractivity contribution in [2.75, 3.05) is 0 Å². The summed E-state index contributed by atoms with van der Waals surface area (Å²) in [5.74, 6) is -0.847. The molecule has 0 saturated heterocycles. The molecule has 1 aromatic rings. The number of aliphatic hydroxyl groups excluding tert-OH is 2. The first-order chi connectivity index (χ1) is 15.3. The van der Waals surface area contributed by atoms with E-state index in [0.29, 0.717) is 51.4 Å². The first-order valence-corrected chi connectivity index (χ1v) is 12.1. The first kappa shape index (κ1) is 28.1. The van der Waals surface area contributed by atoms with Gasteiger partial charge in [0.15, 0.2) is 0 Å². The fourth-order valence-corrected chi connectivity index (χ4v) is 3.45. The van der Waals surface area contributed by atoms with Crippen LogP contribution in [0.2, 0.25) is 0 Å². The summed E-state index contributed by atoms with van der Waals surface area (Å²) < 4.78 is 10.9. The first-order valence-electron chi connectivity index (χ1n) is 12.1. The Hall–Kier alpha value is -1.92. The number of hydrogen-bond acceptors (Lipinski definition) is 6. The van der Waals surface area contributed by atoms with Crippen molar-refractivity contribution in [3.8, 4) is 0 Å². The van der Waals surface area contributed by atoms with Crippen LogP contribution in [0.1, 0.15) is 90.2 Å². The summed E-state index contributed by atoms with van der Waals surface area (Å²) in [6.07, 6.45) is 4.50. The highest BCUT2D eigenvalue weighted by Crippen LogP contribution is 2.18. The van der Waals surface area contributed by atoms with Crippen molar-refractivity contribution < 1.29 is 29.3 Å². The van der Waals surface area contributed by atoms with Crippen LogP contribution in [-0.4, -0.2) is 34.4 Å². The van der Waals surface area contributed by atoms with Gasteiger partial charge in [-0.15, -0.1) is 0 Å². The van der Waals surface area contributed by atoms with Crippen LogP contribution in [-0.2, 0) is 32.3 Å². The highest BCUT2D eigenvalue weighted by atomic mass is 16.5. The zero-order chi connectivity index (χ0) is 23.9. The van der Waals surface area contributed by atoms with E-state index in [4.69, 9.17) is 9.47 Å². The molecule has 0 saturated carbocycles. The molecule has 0 aliphatic carbocycles. The van der Waals surface area contributed by atoms with Crippen LogP contribution in [0, 0.1) is 11.8 Å². The van der Waals surface area contributed by atoms with Crippen molar-refractivity contribution in [3.05, 3.63) is 35.4 Å². The average Bonchev–Trinajstić information content (AvgIpc) is 2.82. The van der Waals surface area contributed by atoms with Gasteiger partial charge in [-0.05, 0) is 62.5 Å². The second-order valence-corrected chi connectivity index (χ2v) is 8.52. The predicted octanol–water partition coefficient (Wildman–Crippen LogP) is 4.93. The minimum Gasteiger partial charge on any atom is -0.461 e. The van der Waals surface area contributed by atoms with Crippen LogP contribution in [0.5, 0.6) is 0 Å². The number of benzene rings is 1. The Morgan fingerprint density at radius 3 is 1.28 bits per heavy atom. The maximum Gasteiger partial charge on any atom is 0.309 e. The van der Waals surface area contributed by atoms with Gasteiger partial charge in [0.25, 0.3) is 0 Å². The van der Waals surface area contributed by atoms with Gasteiger partial charge >= 0.3 is 11.9 Å². The third-order valence-electron chi connectivity index (χ3n) is 6.08. The Balaban J connectivity index is 2.45. The Kier molecular flexibility index (Phi) is 13.9. The molecule has 4 unspecified atom stereocenters. The minimum absolute atomic E-state index is 0.195. The van der Waals surface area contributed by atoms with E-state index in [0.717, 1.165) is 11.1 Å². The Bertz CT molecular complexity index is 600. The molecule has 0 amide bonds. The maximum atomic E-state index is 12.3. The largest absolute Gasteiger partial charge is 0.461 e.